The first kappa shape index (κ1) is 30.7. The number of ether oxygens (including phenoxy) is 2. The number of rotatable bonds is 9. The minimum atomic E-state index is -3.87. The zero-order chi connectivity index (χ0) is 31.6. The van der Waals surface area contributed by atoms with Crippen molar-refractivity contribution < 1.29 is 31.5 Å². The molecule has 0 saturated carbocycles. The van der Waals surface area contributed by atoms with Gasteiger partial charge in [-0.2, -0.15) is 0 Å². The Morgan fingerprint density at radius 2 is 1.36 bits per heavy atom. The van der Waals surface area contributed by atoms with Gasteiger partial charge in [0.25, 0.3) is 5.91 Å². The molecule has 2 atom stereocenters. The molecule has 2 saturated heterocycles. The van der Waals surface area contributed by atoms with E-state index in [9.17, 15) is 22.0 Å². The fraction of sp³-hybridized carbons (Fsp3) is 0.242. The van der Waals surface area contributed by atoms with Gasteiger partial charge in [-0.1, -0.05) is 18.2 Å². The number of anilines is 1. The van der Waals surface area contributed by atoms with Crippen LogP contribution in [0.15, 0.2) is 83.8 Å². The Bertz CT molecular complexity index is 1820. The summed E-state index contributed by atoms with van der Waals surface area (Å²) in [5.41, 5.74) is 2.90. The number of halogens is 2. The van der Waals surface area contributed by atoms with E-state index >= 15 is 0 Å². The zero-order valence-corrected chi connectivity index (χ0v) is 25.0. The summed E-state index contributed by atoms with van der Waals surface area (Å²) in [5.74, 6) is -1.37. The van der Waals surface area contributed by atoms with Crippen LogP contribution in [0.3, 0.4) is 0 Å². The summed E-state index contributed by atoms with van der Waals surface area (Å²) in [6, 6.07) is 19.8. The number of nitrogens with one attached hydrogen (secondary N) is 3. The van der Waals surface area contributed by atoms with Gasteiger partial charge in [0.1, 0.15) is 23.7 Å². The van der Waals surface area contributed by atoms with Crippen molar-refractivity contribution in [3.05, 3.63) is 96.1 Å². The van der Waals surface area contributed by atoms with Crippen molar-refractivity contribution >= 4 is 21.6 Å². The van der Waals surface area contributed by atoms with E-state index in [0.717, 1.165) is 38.1 Å². The maximum atomic E-state index is 14.2. The van der Waals surface area contributed by atoms with Gasteiger partial charge in [-0.3, -0.25) is 4.79 Å². The summed E-state index contributed by atoms with van der Waals surface area (Å²) in [5, 5.41) is 14.7. The molecule has 2 aliphatic rings. The van der Waals surface area contributed by atoms with E-state index in [1.165, 1.54) is 18.2 Å². The molecule has 0 spiro atoms. The van der Waals surface area contributed by atoms with Crippen LogP contribution in [-0.4, -0.2) is 52.7 Å². The molecular formula is C33H32F2N4O5S. The summed E-state index contributed by atoms with van der Waals surface area (Å²) in [6.45, 7) is 3.00. The van der Waals surface area contributed by atoms with E-state index in [4.69, 9.17) is 14.6 Å². The predicted molar refractivity (Wildman–Crippen MR) is 167 cm³/mol. The van der Waals surface area contributed by atoms with E-state index in [-0.39, 0.29) is 22.7 Å². The molecule has 45 heavy (non-hydrogen) atoms. The third-order valence-corrected chi connectivity index (χ3v) is 8.75. The molecule has 2 unspecified atom stereocenters. The Morgan fingerprint density at radius 1 is 0.756 bits per heavy atom. The highest BCUT2D eigenvalue weighted by Crippen LogP contribution is 2.36. The number of sulfonamides is 1. The highest BCUT2D eigenvalue weighted by molar-refractivity contribution is 7.89. The van der Waals surface area contributed by atoms with Gasteiger partial charge in [-0.05, 0) is 97.7 Å². The second kappa shape index (κ2) is 12.9. The van der Waals surface area contributed by atoms with Gasteiger partial charge in [0.05, 0.1) is 4.90 Å². The van der Waals surface area contributed by atoms with Gasteiger partial charge in [0.15, 0.2) is 11.6 Å². The first-order valence-electron chi connectivity index (χ1n) is 14.6. The average molecular weight is 635 g/mol. The molecule has 0 aromatic heterocycles. The first-order valence-corrected chi connectivity index (χ1v) is 16.1. The average Bonchev–Trinajstić information content (AvgIpc) is 3.74. The number of nitrogens with two attached hydrogens (primary N) is 1. The van der Waals surface area contributed by atoms with Crippen molar-refractivity contribution in [2.24, 2.45) is 5.14 Å². The lowest BCUT2D eigenvalue weighted by Gasteiger charge is -2.19. The number of carbonyl (C=O) groups is 1. The number of hydrogen-bond donors (Lipinski definition) is 4. The molecule has 5 N–H and O–H groups in total. The summed E-state index contributed by atoms with van der Waals surface area (Å²) in [6.07, 6.45) is 1.50. The van der Waals surface area contributed by atoms with Gasteiger partial charge in [-0.15, -0.1) is 0 Å². The Labute approximate surface area is 259 Å². The lowest BCUT2D eigenvalue weighted by atomic mass is 10.0. The Kier molecular flexibility index (Phi) is 8.81. The number of carbonyl (C=O) groups excluding carboxylic acids is 1. The highest BCUT2D eigenvalue weighted by Gasteiger charge is 2.22. The highest BCUT2D eigenvalue weighted by atomic mass is 32.2. The topological polar surface area (TPSA) is 132 Å². The van der Waals surface area contributed by atoms with Crippen LogP contribution in [0.2, 0.25) is 0 Å². The molecule has 0 radical (unpaired) electrons. The van der Waals surface area contributed by atoms with E-state index in [1.54, 1.807) is 48.5 Å². The van der Waals surface area contributed by atoms with Crippen LogP contribution in [0.5, 0.6) is 11.5 Å². The number of primary sulfonamides is 1. The largest absolute Gasteiger partial charge is 0.488 e. The van der Waals surface area contributed by atoms with Crippen molar-refractivity contribution in [3.63, 3.8) is 0 Å². The van der Waals surface area contributed by atoms with Crippen LogP contribution in [-0.2, 0) is 10.0 Å². The maximum Gasteiger partial charge on any atom is 0.255 e. The van der Waals surface area contributed by atoms with Crippen LogP contribution in [0.1, 0.15) is 23.2 Å². The fourth-order valence-corrected chi connectivity index (χ4v) is 5.96. The molecule has 2 heterocycles. The lowest BCUT2D eigenvalue weighted by molar-refractivity contribution is 0.102. The van der Waals surface area contributed by atoms with E-state index in [2.05, 4.69) is 16.0 Å². The predicted octanol–water partition coefficient (Wildman–Crippen LogP) is 4.68. The van der Waals surface area contributed by atoms with Crippen LogP contribution in [0.25, 0.3) is 22.3 Å². The van der Waals surface area contributed by atoms with Gasteiger partial charge >= 0.3 is 0 Å². The molecule has 0 aliphatic carbocycles. The maximum absolute atomic E-state index is 14.2. The molecule has 4 aromatic carbocycles. The number of amides is 1. The van der Waals surface area contributed by atoms with Crippen molar-refractivity contribution in [3.8, 4) is 33.8 Å². The van der Waals surface area contributed by atoms with Gasteiger partial charge < -0.3 is 25.4 Å². The van der Waals surface area contributed by atoms with Gasteiger partial charge in [-0.25, -0.2) is 22.3 Å². The molecular weight excluding hydrogens is 602 g/mol. The Morgan fingerprint density at radius 3 is 1.93 bits per heavy atom. The second-order valence-corrected chi connectivity index (χ2v) is 12.6. The molecule has 6 rings (SSSR count). The van der Waals surface area contributed by atoms with E-state index in [0.29, 0.717) is 52.5 Å². The molecule has 2 aliphatic heterocycles. The van der Waals surface area contributed by atoms with Crippen molar-refractivity contribution in [2.75, 3.05) is 31.5 Å². The van der Waals surface area contributed by atoms with Crippen molar-refractivity contribution in [1.29, 1.82) is 0 Å². The summed E-state index contributed by atoms with van der Waals surface area (Å²) >= 11 is 0. The second-order valence-electron chi connectivity index (χ2n) is 11.0. The zero-order valence-electron chi connectivity index (χ0n) is 24.2. The van der Waals surface area contributed by atoms with E-state index < -0.39 is 27.6 Å². The fourth-order valence-electron chi connectivity index (χ4n) is 5.44. The van der Waals surface area contributed by atoms with E-state index in [1.807, 2.05) is 0 Å². The van der Waals surface area contributed by atoms with Gasteiger partial charge in [0.2, 0.25) is 10.0 Å². The van der Waals surface area contributed by atoms with Crippen LogP contribution in [0, 0.1) is 11.6 Å². The first-order chi connectivity index (χ1) is 21.6. The monoisotopic (exact) mass is 634 g/mol. The number of benzene rings is 4. The lowest BCUT2D eigenvalue weighted by Crippen LogP contribution is -2.20. The minimum Gasteiger partial charge on any atom is -0.488 e. The van der Waals surface area contributed by atoms with Crippen LogP contribution >= 0.6 is 0 Å². The summed E-state index contributed by atoms with van der Waals surface area (Å²) in [7, 11) is -3.87. The molecule has 0 bridgehead atoms. The van der Waals surface area contributed by atoms with Gasteiger partial charge in [0, 0.05) is 35.5 Å². The van der Waals surface area contributed by atoms with Crippen LogP contribution in [0.4, 0.5) is 14.5 Å². The summed E-state index contributed by atoms with van der Waals surface area (Å²) in [4.78, 5) is 13.5. The smallest absolute Gasteiger partial charge is 0.255 e. The molecule has 12 heteroatoms. The van der Waals surface area contributed by atoms with Crippen molar-refractivity contribution in [2.45, 2.75) is 29.9 Å². The van der Waals surface area contributed by atoms with Crippen molar-refractivity contribution in [1.82, 2.24) is 10.6 Å². The summed E-state index contributed by atoms with van der Waals surface area (Å²) < 4.78 is 64.0. The molecule has 234 valence electrons. The normalized spacial score (nSPS) is 18.1. The van der Waals surface area contributed by atoms with Crippen LogP contribution < -0.4 is 30.6 Å². The minimum absolute atomic E-state index is 0.0216. The molecule has 9 nitrogen and oxygen atoms in total. The third-order valence-electron chi connectivity index (χ3n) is 7.82. The Hall–Kier alpha value is -4.36. The molecule has 4 aromatic rings. The standard InChI is InChI=1S/C33H32F2N4O5S/c34-29-8-3-21(16-30(29)35)27-15-22(4-9-31(27)43-24-11-13-37-18-24)33(40)39-23-5-10-32(44-25-12-14-38-19-25)28(17-23)20-1-6-26(7-2-20)45(36,41)42/h1-10,15-17,24-25,37-38H,11-14,18-19H2,(H,39,40)(H2,36,41,42). The molecule has 1 amide bonds. The molecule has 2 fully saturated rings. The number of hydrogen-bond acceptors (Lipinski definition) is 7. The third kappa shape index (κ3) is 7.15. The SMILES string of the molecule is NS(=O)(=O)c1ccc(-c2cc(NC(=O)c3ccc(OC4CCNC4)c(-c4ccc(F)c(F)c4)c3)ccc2OC2CCNC2)cc1. The quantitative estimate of drug-likeness (QED) is 0.210. The Balaban J connectivity index is 1.31.